The number of hydrogen-bond acceptors (Lipinski definition) is 15. The van der Waals surface area contributed by atoms with Crippen LogP contribution in [0, 0.1) is 0 Å². The molecule has 1 unspecified atom stereocenters. The summed E-state index contributed by atoms with van der Waals surface area (Å²) in [6, 6.07) is 16.4. The van der Waals surface area contributed by atoms with Crippen LogP contribution in [-0.4, -0.2) is 78.1 Å². The first kappa shape index (κ1) is 38.0. The van der Waals surface area contributed by atoms with E-state index in [9.17, 15) is 39.9 Å². The fourth-order valence-electron chi connectivity index (χ4n) is 5.03. The zero-order valence-corrected chi connectivity index (χ0v) is 29.0. The molecule has 0 saturated carbocycles. The molecule has 0 aliphatic rings. The maximum Gasteiger partial charge on any atom is 0.373 e. The molecule has 0 aliphatic carbocycles. The number of esters is 2. The number of aliphatic hydroxyl groups excluding tert-OH is 1. The lowest BCUT2D eigenvalue weighted by molar-refractivity contribution is -0.147. The molecule has 0 spiro atoms. The van der Waals surface area contributed by atoms with E-state index < -0.39 is 48.2 Å². The largest absolute Gasteiger partial charge is 0.508 e. The SMILES string of the molecule is COc1cc(/C=C(\O)C(=O)OCC(COC(=O)/C=C/c2ccc(O)cc2)Oc2c(OC)cc(-c3cc(=O)c4c(O)cc(O)cc4o3)cc2OC)ccc1O. The zero-order chi connectivity index (χ0) is 38.9. The predicted octanol–water partition coefficient (Wildman–Crippen LogP) is 5.45. The molecular formula is C39H34O15. The molecule has 0 fully saturated rings. The van der Waals surface area contributed by atoms with Crippen LogP contribution in [0.15, 0.2) is 93.8 Å². The Labute approximate surface area is 306 Å². The number of aliphatic hydroxyl groups is 1. The molecule has 1 atom stereocenters. The van der Waals surface area contributed by atoms with Crippen LogP contribution in [0.3, 0.4) is 0 Å². The smallest absolute Gasteiger partial charge is 0.373 e. The van der Waals surface area contributed by atoms with Gasteiger partial charge in [-0.2, -0.15) is 0 Å². The first-order valence-corrected chi connectivity index (χ1v) is 15.9. The number of benzene rings is 4. The summed E-state index contributed by atoms with van der Waals surface area (Å²) in [6.07, 6.45) is 2.47. The van der Waals surface area contributed by atoms with Crippen LogP contribution >= 0.6 is 0 Å². The Balaban J connectivity index is 1.42. The van der Waals surface area contributed by atoms with Gasteiger partial charge in [0.2, 0.25) is 11.5 Å². The fourth-order valence-corrected chi connectivity index (χ4v) is 5.03. The highest BCUT2D eigenvalue weighted by atomic mass is 16.6. The van der Waals surface area contributed by atoms with E-state index >= 15 is 0 Å². The van der Waals surface area contributed by atoms with Crippen LogP contribution in [0.2, 0.25) is 0 Å². The molecule has 1 aromatic heterocycles. The standard InChI is InChI=1S/C39H34O15/c1-48-32-13-22(6-10-27(32)42)12-30(45)39(47)52-20-26(19-51-36(46)11-7-21-4-8-24(40)9-5-21)53-38-34(49-2)14-23(15-35(38)50-3)31-18-29(44)37-28(43)16-25(41)17-33(37)54-31/h4-18,26,40-43,45H,19-20H2,1-3H3/b11-7+,30-12-. The second-order valence-corrected chi connectivity index (χ2v) is 11.4. The van der Waals surface area contributed by atoms with Gasteiger partial charge in [0.15, 0.2) is 34.5 Å². The summed E-state index contributed by atoms with van der Waals surface area (Å²) in [5, 5.41) is 49.8. The number of carbonyl (C=O) groups excluding carboxylic acids is 2. The molecule has 5 N–H and O–H groups in total. The van der Waals surface area contributed by atoms with Crippen LogP contribution in [0.5, 0.6) is 46.0 Å². The minimum Gasteiger partial charge on any atom is -0.508 e. The summed E-state index contributed by atoms with van der Waals surface area (Å²) in [6.45, 7) is -1.04. The summed E-state index contributed by atoms with van der Waals surface area (Å²) in [7, 11) is 3.98. The first-order valence-electron chi connectivity index (χ1n) is 15.9. The quantitative estimate of drug-likeness (QED) is 0.0542. The monoisotopic (exact) mass is 742 g/mol. The lowest BCUT2D eigenvalue weighted by Crippen LogP contribution is -2.31. The Morgan fingerprint density at radius 1 is 0.741 bits per heavy atom. The van der Waals surface area contributed by atoms with Crippen LogP contribution in [0.1, 0.15) is 11.1 Å². The summed E-state index contributed by atoms with van der Waals surface area (Å²) in [5.74, 6) is -3.44. The van der Waals surface area contributed by atoms with Crippen LogP contribution in [0.4, 0.5) is 0 Å². The van der Waals surface area contributed by atoms with Gasteiger partial charge in [-0.1, -0.05) is 18.2 Å². The third-order valence-corrected chi connectivity index (χ3v) is 7.66. The highest BCUT2D eigenvalue weighted by Gasteiger charge is 2.24. The predicted molar refractivity (Wildman–Crippen MR) is 193 cm³/mol. The Kier molecular flexibility index (Phi) is 11.8. The average molecular weight is 743 g/mol. The van der Waals surface area contributed by atoms with Crippen molar-refractivity contribution < 1.29 is 68.0 Å². The normalized spacial score (nSPS) is 11.9. The number of carbonyl (C=O) groups is 2. The third-order valence-electron chi connectivity index (χ3n) is 7.66. The molecule has 0 bridgehead atoms. The number of fused-ring (bicyclic) bond motifs is 1. The number of phenols is 4. The minimum absolute atomic E-state index is 0.0222. The maximum absolute atomic E-state index is 12.9. The highest BCUT2D eigenvalue weighted by molar-refractivity contribution is 5.91. The second kappa shape index (κ2) is 16.8. The Bertz CT molecular complexity index is 2260. The van der Waals surface area contributed by atoms with Crippen molar-refractivity contribution in [1.82, 2.24) is 0 Å². The van der Waals surface area contributed by atoms with Crippen molar-refractivity contribution in [1.29, 1.82) is 0 Å². The van der Waals surface area contributed by atoms with Crippen molar-refractivity contribution in [2.75, 3.05) is 34.5 Å². The van der Waals surface area contributed by atoms with E-state index in [1.807, 2.05) is 0 Å². The van der Waals surface area contributed by atoms with Crippen LogP contribution in [0.25, 0.3) is 34.4 Å². The van der Waals surface area contributed by atoms with E-state index in [4.69, 9.17) is 32.8 Å². The molecule has 1 heterocycles. The van der Waals surface area contributed by atoms with Gasteiger partial charge in [0.1, 0.15) is 47.2 Å². The molecule has 280 valence electrons. The average Bonchev–Trinajstić information content (AvgIpc) is 3.15. The Morgan fingerprint density at radius 2 is 1.39 bits per heavy atom. The van der Waals surface area contributed by atoms with Gasteiger partial charge < -0.3 is 58.4 Å². The number of aromatic hydroxyl groups is 4. The molecule has 0 amide bonds. The number of methoxy groups -OCH3 is 3. The summed E-state index contributed by atoms with van der Waals surface area (Å²) >= 11 is 0. The number of phenolic OH excluding ortho intramolecular Hbond substituents is 4. The molecule has 0 aliphatic heterocycles. The maximum atomic E-state index is 12.9. The van der Waals surface area contributed by atoms with E-state index in [2.05, 4.69) is 0 Å². The second-order valence-electron chi connectivity index (χ2n) is 11.4. The van der Waals surface area contributed by atoms with Gasteiger partial charge in [0, 0.05) is 29.8 Å². The highest BCUT2D eigenvalue weighted by Crippen LogP contribution is 2.43. The van der Waals surface area contributed by atoms with Crippen molar-refractivity contribution in [3.8, 4) is 57.3 Å². The molecule has 0 radical (unpaired) electrons. The number of ether oxygens (including phenoxy) is 6. The summed E-state index contributed by atoms with van der Waals surface area (Å²) in [4.78, 5) is 38.4. The molecule has 5 aromatic rings. The number of hydrogen-bond donors (Lipinski definition) is 5. The van der Waals surface area contributed by atoms with Gasteiger partial charge >= 0.3 is 11.9 Å². The van der Waals surface area contributed by atoms with Gasteiger partial charge in [-0.3, -0.25) is 4.79 Å². The van der Waals surface area contributed by atoms with Gasteiger partial charge in [0.05, 0.1) is 21.3 Å². The van der Waals surface area contributed by atoms with Crippen LogP contribution in [-0.2, 0) is 19.1 Å². The van der Waals surface area contributed by atoms with Gasteiger partial charge in [0.25, 0.3) is 0 Å². The lowest BCUT2D eigenvalue weighted by atomic mass is 10.1. The van der Waals surface area contributed by atoms with Crippen molar-refractivity contribution in [3.63, 3.8) is 0 Å². The molecule has 15 heteroatoms. The molecule has 15 nitrogen and oxygen atoms in total. The van der Waals surface area contributed by atoms with E-state index in [1.54, 1.807) is 12.1 Å². The molecule has 54 heavy (non-hydrogen) atoms. The van der Waals surface area contributed by atoms with Crippen molar-refractivity contribution >= 4 is 35.1 Å². The molecular weight excluding hydrogens is 708 g/mol. The Morgan fingerprint density at radius 3 is 2.06 bits per heavy atom. The van der Waals surface area contributed by atoms with Crippen LogP contribution < -0.4 is 24.4 Å². The molecule has 5 rings (SSSR count). The zero-order valence-electron chi connectivity index (χ0n) is 29.0. The summed E-state index contributed by atoms with van der Waals surface area (Å²) in [5.41, 5.74) is 0.509. The van der Waals surface area contributed by atoms with E-state index in [0.717, 1.165) is 24.3 Å². The molecule has 0 saturated heterocycles. The Hall–Kier alpha value is -7.29. The lowest BCUT2D eigenvalue weighted by Gasteiger charge is -2.22. The minimum atomic E-state index is -1.22. The van der Waals surface area contributed by atoms with E-state index in [1.165, 1.54) is 75.9 Å². The van der Waals surface area contributed by atoms with Gasteiger partial charge in [-0.25, -0.2) is 9.59 Å². The summed E-state index contributed by atoms with van der Waals surface area (Å²) < 4.78 is 38.8. The van der Waals surface area contributed by atoms with Crippen molar-refractivity contribution in [2.24, 2.45) is 0 Å². The van der Waals surface area contributed by atoms with Crippen molar-refractivity contribution in [2.45, 2.75) is 6.10 Å². The number of rotatable bonds is 14. The first-order chi connectivity index (χ1) is 25.9. The van der Waals surface area contributed by atoms with Gasteiger partial charge in [-0.05, 0) is 59.7 Å². The van der Waals surface area contributed by atoms with Gasteiger partial charge in [-0.15, -0.1) is 0 Å². The third kappa shape index (κ3) is 9.13. The molecule has 4 aromatic carbocycles. The van der Waals surface area contributed by atoms with E-state index in [0.29, 0.717) is 11.1 Å². The van der Waals surface area contributed by atoms with E-state index in [-0.39, 0.29) is 62.5 Å². The topological polar surface area (TPSA) is 221 Å². The fraction of sp³-hybridized carbons (Fsp3) is 0.154. The van der Waals surface area contributed by atoms with Crippen molar-refractivity contribution in [3.05, 3.63) is 106 Å².